The first-order valence-electron chi connectivity index (χ1n) is 7.77. The largest absolute Gasteiger partial charge is 0.384 e. The number of rotatable bonds is 3. The summed E-state index contributed by atoms with van der Waals surface area (Å²) in [5.41, 5.74) is 0.735. The molecule has 3 unspecified atom stereocenters. The minimum atomic E-state index is -0.0827. The molecule has 0 aliphatic heterocycles. The van der Waals surface area contributed by atoms with E-state index in [1.54, 1.807) is 11.3 Å². The van der Waals surface area contributed by atoms with Crippen LogP contribution in [0.1, 0.15) is 49.8 Å². The van der Waals surface area contributed by atoms with Crippen molar-refractivity contribution in [1.82, 2.24) is 0 Å². The maximum atomic E-state index is 8.73. The molecule has 1 aromatic heterocycles. The van der Waals surface area contributed by atoms with Crippen molar-refractivity contribution in [2.75, 3.05) is 6.61 Å². The van der Waals surface area contributed by atoms with Gasteiger partial charge in [0.25, 0.3) is 0 Å². The molecule has 2 fully saturated rings. The van der Waals surface area contributed by atoms with Crippen molar-refractivity contribution in [3.8, 4) is 11.8 Å². The van der Waals surface area contributed by atoms with Crippen LogP contribution in [-0.2, 0) is 11.3 Å². The molecule has 0 aromatic carbocycles. The summed E-state index contributed by atoms with van der Waals surface area (Å²) in [5.74, 6) is 6.46. The number of thiophene rings is 1. The number of aliphatic hydroxyl groups excluding tert-OH is 1. The smallest absolute Gasteiger partial charge is 0.104 e. The molecule has 1 heterocycles. The van der Waals surface area contributed by atoms with Gasteiger partial charge in [-0.25, -0.2) is 0 Å². The molecule has 114 valence electrons. The first-order chi connectivity index (χ1) is 9.97. The second-order valence-electron chi connectivity index (χ2n) is 7.14. The van der Waals surface area contributed by atoms with Crippen LogP contribution < -0.4 is 0 Å². The van der Waals surface area contributed by atoms with E-state index in [2.05, 4.69) is 38.7 Å². The first kappa shape index (κ1) is 15.1. The fraction of sp³-hybridized carbons (Fsp3) is 0.667. The third kappa shape index (κ3) is 2.44. The predicted molar refractivity (Wildman–Crippen MR) is 86.1 cm³/mol. The molecule has 3 heteroatoms. The number of aliphatic hydroxyl groups is 1. The van der Waals surface area contributed by atoms with Crippen molar-refractivity contribution in [3.63, 3.8) is 0 Å². The van der Waals surface area contributed by atoms with Crippen molar-refractivity contribution in [2.45, 2.75) is 52.7 Å². The van der Waals surface area contributed by atoms with Gasteiger partial charge in [-0.3, -0.25) is 0 Å². The second-order valence-corrected chi connectivity index (χ2v) is 8.30. The third-order valence-electron chi connectivity index (χ3n) is 6.09. The molecular formula is C18H24O2S. The molecule has 0 saturated heterocycles. The Hall–Kier alpha value is -0.820. The van der Waals surface area contributed by atoms with Gasteiger partial charge in [0.1, 0.15) is 6.61 Å². The van der Waals surface area contributed by atoms with Crippen LogP contribution in [0.2, 0.25) is 0 Å². The van der Waals surface area contributed by atoms with Crippen LogP contribution in [0.5, 0.6) is 0 Å². The Morgan fingerprint density at radius 2 is 2.19 bits per heavy atom. The van der Waals surface area contributed by atoms with Crippen LogP contribution in [0, 0.1) is 28.6 Å². The van der Waals surface area contributed by atoms with Crippen LogP contribution in [0.4, 0.5) is 0 Å². The van der Waals surface area contributed by atoms with Gasteiger partial charge in [0.2, 0.25) is 0 Å². The molecule has 3 atom stereocenters. The van der Waals surface area contributed by atoms with Crippen LogP contribution >= 0.6 is 11.3 Å². The van der Waals surface area contributed by atoms with E-state index < -0.39 is 0 Å². The summed E-state index contributed by atoms with van der Waals surface area (Å²) in [7, 11) is 0. The maximum absolute atomic E-state index is 8.73. The molecular weight excluding hydrogens is 280 g/mol. The van der Waals surface area contributed by atoms with Gasteiger partial charge in [-0.05, 0) is 48.1 Å². The van der Waals surface area contributed by atoms with Crippen molar-refractivity contribution >= 4 is 11.3 Å². The highest BCUT2D eigenvalue weighted by Crippen LogP contribution is 2.66. The summed E-state index contributed by atoms with van der Waals surface area (Å²) in [6.07, 6.45) is 4.27. The van der Waals surface area contributed by atoms with Gasteiger partial charge >= 0.3 is 0 Å². The summed E-state index contributed by atoms with van der Waals surface area (Å²) in [4.78, 5) is 2.23. The monoisotopic (exact) mass is 304 g/mol. The zero-order valence-electron chi connectivity index (χ0n) is 13.1. The zero-order valence-corrected chi connectivity index (χ0v) is 13.9. The molecule has 0 amide bonds. The number of ether oxygens (including phenoxy) is 1. The Morgan fingerprint density at radius 3 is 2.81 bits per heavy atom. The number of hydrogen-bond donors (Lipinski definition) is 1. The lowest BCUT2D eigenvalue weighted by Crippen LogP contribution is -2.37. The van der Waals surface area contributed by atoms with E-state index in [0.717, 1.165) is 10.8 Å². The minimum Gasteiger partial charge on any atom is -0.384 e. The van der Waals surface area contributed by atoms with Crippen LogP contribution in [0.3, 0.4) is 0 Å². The van der Waals surface area contributed by atoms with E-state index in [4.69, 9.17) is 9.84 Å². The van der Waals surface area contributed by atoms with Gasteiger partial charge < -0.3 is 9.84 Å². The highest BCUT2D eigenvalue weighted by atomic mass is 32.1. The van der Waals surface area contributed by atoms with Gasteiger partial charge in [0.15, 0.2) is 0 Å². The lowest BCUT2D eigenvalue weighted by atomic mass is 9.70. The van der Waals surface area contributed by atoms with Gasteiger partial charge in [0.05, 0.1) is 17.6 Å². The van der Waals surface area contributed by atoms with Crippen molar-refractivity contribution in [2.24, 2.45) is 16.7 Å². The molecule has 2 nitrogen and oxygen atoms in total. The van der Waals surface area contributed by atoms with Gasteiger partial charge in [-0.2, -0.15) is 0 Å². The summed E-state index contributed by atoms with van der Waals surface area (Å²) < 4.78 is 6.29. The van der Waals surface area contributed by atoms with E-state index in [0.29, 0.717) is 23.5 Å². The van der Waals surface area contributed by atoms with Crippen LogP contribution in [-0.4, -0.2) is 17.8 Å². The van der Waals surface area contributed by atoms with Crippen molar-refractivity contribution in [1.29, 1.82) is 0 Å². The lowest BCUT2D eigenvalue weighted by Gasteiger charge is -2.38. The molecule has 2 saturated carbocycles. The molecule has 21 heavy (non-hydrogen) atoms. The summed E-state index contributed by atoms with van der Waals surface area (Å²) in [6, 6.07) is 4.10. The molecule has 1 N–H and O–H groups in total. The van der Waals surface area contributed by atoms with Crippen molar-refractivity contribution < 1.29 is 9.84 Å². The van der Waals surface area contributed by atoms with E-state index in [1.807, 2.05) is 6.07 Å². The minimum absolute atomic E-state index is 0.0827. The van der Waals surface area contributed by atoms with Crippen molar-refractivity contribution in [3.05, 3.63) is 21.9 Å². The molecule has 2 aliphatic carbocycles. The SMILES string of the molecule is CC1(C)C2CCC1(C)C(OCc1ccc(C#CCO)s1)C2. The lowest BCUT2D eigenvalue weighted by molar-refractivity contribution is -0.0541. The van der Waals surface area contributed by atoms with E-state index in [-0.39, 0.29) is 6.61 Å². The molecule has 2 aliphatic rings. The number of fused-ring (bicyclic) bond motifs is 2. The quantitative estimate of drug-likeness (QED) is 0.860. The normalized spacial score (nSPS) is 33.0. The second kappa shape index (κ2) is 5.43. The summed E-state index contributed by atoms with van der Waals surface area (Å²) in [5, 5.41) is 8.73. The highest BCUT2D eigenvalue weighted by molar-refractivity contribution is 7.12. The summed E-state index contributed by atoms with van der Waals surface area (Å²) in [6.45, 7) is 7.86. The Balaban J connectivity index is 1.63. The zero-order chi connectivity index (χ0) is 15.1. The predicted octanol–water partition coefficient (Wildman–Crippen LogP) is 3.82. The molecule has 0 radical (unpaired) electrons. The Kier molecular flexibility index (Phi) is 3.90. The highest BCUT2D eigenvalue weighted by Gasteiger charge is 2.61. The molecule has 0 spiro atoms. The van der Waals surface area contributed by atoms with E-state index in [9.17, 15) is 0 Å². The van der Waals surface area contributed by atoms with Gasteiger partial charge in [-0.1, -0.05) is 32.6 Å². The Morgan fingerprint density at radius 1 is 1.38 bits per heavy atom. The first-order valence-corrected chi connectivity index (χ1v) is 8.59. The van der Waals surface area contributed by atoms with Crippen LogP contribution in [0.15, 0.2) is 12.1 Å². The fourth-order valence-electron chi connectivity index (χ4n) is 4.21. The average Bonchev–Trinajstić information content (AvgIpc) is 3.04. The molecule has 2 bridgehead atoms. The van der Waals surface area contributed by atoms with Gasteiger partial charge in [-0.15, -0.1) is 11.3 Å². The van der Waals surface area contributed by atoms with E-state index >= 15 is 0 Å². The molecule has 3 rings (SSSR count). The standard InChI is InChI=1S/C18H24O2S/c1-17(2)13-8-9-18(17,3)16(11-13)20-12-15-7-6-14(21-15)5-4-10-19/h6-7,13,16,19H,8-12H2,1-3H3. The molecule has 1 aromatic rings. The average molecular weight is 304 g/mol. The Labute approximate surface area is 131 Å². The van der Waals surface area contributed by atoms with Gasteiger partial charge in [0, 0.05) is 4.88 Å². The third-order valence-corrected chi connectivity index (χ3v) is 7.07. The Bertz CT molecular complexity index is 578. The maximum Gasteiger partial charge on any atom is 0.104 e. The topological polar surface area (TPSA) is 29.5 Å². The summed E-state index contributed by atoms with van der Waals surface area (Å²) >= 11 is 1.67. The number of hydrogen-bond acceptors (Lipinski definition) is 3. The fourth-order valence-corrected chi connectivity index (χ4v) is 5.02. The van der Waals surface area contributed by atoms with E-state index in [1.165, 1.54) is 24.1 Å². The van der Waals surface area contributed by atoms with Crippen LogP contribution in [0.25, 0.3) is 0 Å².